The third-order valence-electron chi connectivity index (χ3n) is 4.03. The minimum atomic E-state index is -1.31. The Morgan fingerprint density at radius 3 is 1.00 bits per heavy atom. The number of hydrogen-bond acceptors (Lipinski definition) is 10. The summed E-state index contributed by atoms with van der Waals surface area (Å²) in [6, 6.07) is 7.16. The van der Waals surface area contributed by atoms with Crippen molar-refractivity contribution in [3.05, 3.63) is 69.8 Å². The van der Waals surface area contributed by atoms with Crippen LogP contribution in [0.15, 0.2) is 36.4 Å². The third kappa shape index (κ3) is 10.4. The Balaban J connectivity index is -0.000000559. The summed E-state index contributed by atoms with van der Waals surface area (Å²) < 4.78 is 13.5. The summed E-state index contributed by atoms with van der Waals surface area (Å²) in [6.07, 6.45) is 0. The predicted molar refractivity (Wildman–Crippen MR) is 119 cm³/mol. The molecule has 0 aliphatic carbocycles. The van der Waals surface area contributed by atoms with Crippen molar-refractivity contribution in [1.29, 1.82) is 0 Å². The smallest absolute Gasteiger partial charge is 0.870 e. The number of ether oxygens (including phenoxy) is 3. The molecule has 0 fully saturated rings. The first-order valence-corrected chi connectivity index (χ1v) is 8.97. The van der Waals surface area contributed by atoms with Crippen LogP contribution < -0.4 is 29.6 Å². The number of benzene rings is 2. The van der Waals surface area contributed by atoms with E-state index >= 15 is 0 Å². The molecule has 13 heteroatoms. The van der Waals surface area contributed by atoms with Crippen molar-refractivity contribution in [3.8, 4) is 0 Å². The molecule has 0 saturated carbocycles. The molecule has 0 unspecified atom stereocenters. The number of methoxy groups -OCH3 is 3. The molecular formula is C23H25NaO12. The van der Waals surface area contributed by atoms with Crippen LogP contribution in [0.2, 0.25) is 0 Å². The quantitative estimate of drug-likeness (QED) is 0.222. The molecule has 0 bridgehead atoms. The van der Waals surface area contributed by atoms with E-state index in [1.807, 2.05) is 0 Å². The van der Waals surface area contributed by atoms with Crippen molar-refractivity contribution in [3.63, 3.8) is 0 Å². The maximum absolute atomic E-state index is 11.4. The number of Topliss-reactive ketones (excluding diaryl/α,β-unsaturated/α-hetero) is 1. The topological polar surface area (TPSA) is 201 Å². The van der Waals surface area contributed by atoms with Gasteiger partial charge in [0.1, 0.15) is 0 Å². The summed E-state index contributed by atoms with van der Waals surface area (Å²) in [5, 5.41) is 17.4. The van der Waals surface area contributed by atoms with E-state index in [1.54, 1.807) is 0 Å². The first-order chi connectivity index (χ1) is 15.4. The Morgan fingerprint density at radius 1 is 0.556 bits per heavy atom. The van der Waals surface area contributed by atoms with Gasteiger partial charge in [0, 0.05) is 5.56 Å². The molecule has 2 rings (SSSR count). The monoisotopic (exact) mass is 516 g/mol. The van der Waals surface area contributed by atoms with E-state index in [2.05, 4.69) is 14.2 Å². The first kappa shape index (κ1) is 37.0. The molecule has 0 saturated heterocycles. The zero-order valence-corrected chi connectivity index (χ0v) is 21.5. The molecule has 0 amide bonds. The van der Waals surface area contributed by atoms with Gasteiger partial charge in [0.15, 0.2) is 5.78 Å². The number of carbonyl (C=O) groups is 6. The Bertz CT molecular complexity index is 1060. The number of carbonyl (C=O) groups excluding carboxylic acids is 4. The second kappa shape index (κ2) is 16.9. The molecule has 0 radical (unpaired) electrons. The van der Waals surface area contributed by atoms with Crippen molar-refractivity contribution in [1.82, 2.24) is 0 Å². The van der Waals surface area contributed by atoms with E-state index in [0.717, 1.165) is 25.3 Å². The second-order valence-corrected chi connectivity index (χ2v) is 6.24. The van der Waals surface area contributed by atoms with Crippen molar-refractivity contribution in [2.45, 2.75) is 14.4 Å². The molecule has 3 N–H and O–H groups in total. The summed E-state index contributed by atoms with van der Waals surface area (Å²) in [5.74, 6) is -4.88. The summed E-state index contributed by atoms with van der Waals surface area (Å²) >= 11 is 0. The first-order valence-electron chi connectivity index (χ1n) is 8.97. The van der Waals surface area contributed by atoms with Crippen molar-refractivity contribution >= 4 is 35.6 Å². The Morgan fingerprint density at radius 2 is 0.778 bits per heavy atom. The zero-order valence-electron chi connectivity index (χ0n) is 19.5. The molecule has 0 spiro atoms. The van der Waals surface area contributed by atoms with E-state index in [9.17, 15) is 28.8 Å². The van der Waals surface area contributed by atoms with Crippen LogP contribution >= 0.6 is 0 Å². The van der Waals surface area contributed by atoms with E-state index in [4.69, 9.17) is 10.2 Å². The summed E-state index contributed by atoms with van der Waals surface area (Å²) in [7, 11) is 3.57. The van der Waals surface area contributed by atoms with Crippen molar-refractivity contribution < 1.29 is 88.2 Å². The fraction of sp³-hybridized carbons (Fsp3) is 0.217. The molecule has 0 aliphatic rings. The van der Waals surface area contributed by atoms with E-state index in [-0.39, 0.29) is 81.6 Å². The van der Waals surface area contributed by atoms with E-state index in [0.29, 0.717) is 0 Å². The molecule has 0 atom stereocenters. The van der Waals surface area contributed by atoms with Crippen LogP contribution in [-0.4, -0.2) is 72.6 Å². The molecular weight excluding hydrogens is 491 g/mol. The maximum atomic E-state index is 11.4. The van der Waals surface area contributed by atoms with Crippen LogP contribution in [0.1, 0.15) is 76.5 Å². The number of aromatic carboxylic acids is 2. The van der Waals surface area contributed by atoms with Gasteiger partial charge >= 0.3 is 59.4 Å². The van der Waals surface area contributed by atoms with Gasteiger partial charge in [0.25, 0.3) is 0 Å². The SMILES string of the molecule is C.COC(=O)c1cc(C(=O)O)cc(C(=O)O)c1.COC(=O)c1cc(C(C)=O)cc(C(=O)OC)c1.[Na+].[OH-]. The number of hydrogen-bond donors (Lipinski definition) is 2. The number of esters is 3. The molecule has 2 aromatic rings. The van der Waals surface area contributed by atoms with Crippen LogP contribution in [-0.2, 0) is 14.2 Å². The fourth-order valence-electron chi connectivity index (χ4n) is 2.41. The average molecular weight is 516 g/mol. The van der Waals surface area contributed by atoms with Crippen LogP contribution in [0.3, 0.4) is 0 Å². The minimum Gasteiger partial charge on any atom is -0.870 e. The molecule has 190 valence electrons. The van der Waals surface area contributed by atoms with Crippen LogP contribution in [0, 0.1) is 0 Å². The van der Waals surface area contributed by atoms with Crippen LogP contribution in [0.25, 0.3) is 0 Å². The average Bonchev–Trinajstić information content (AvgIpc) is 2.81. The minimum absolute atomic E-state index is 0. The van der Waals surface area contributed by atoms with Gasteiger partial charge in [-0.1, -0.05) is 7.43 Å². The second-order valence-electron chi connectivity index (χ2n) is 6.24. The van der Waals surface area contributed by atoms with Gasteiger partial charge in [-0.2, -0.15) is 0 Å². The van der Waals surface area contributed by atoms with Crippen LogP contribution in [0.4, 0.5) is 0 Å². The summed E-state index contributed by atoms with van der Waals surface area (Å²) in [5.41, 5.74) is -0.130. The summed E-state index contributed by atoms with van der Waals surface area (Å²) in [4.78, 5) is 66.5. The molecule has 0 heterocycles. The number of ketones is 1. The number of rotatable bonds is 6. The van der Waals surface area contributed by atoms with Gasteiger partial charge < -0.3 is 29.9 Å². The predicted octanol–water partition coefficient (Wildman–Crippen LogP) is -0.205. The van der Waals surface area contributed by atoms with Gasteiger partial charge in [-0.3, -0.25) is 4.79 Å². The molecule has 36 heavy (non-hydrogen) atoms. The third-order valence-corrected chi connectivity index (χ3v) is 4.03. The number of carboxylic acid groups (broad SMARTS) is 2. The maximum Gasteiger partial charge on any atom is 1.00 e. The van der Waals surface area contributed by atoms with Gasteiger partial charge in [-0.05, 0) is 43.3 Å². The molecule has 0 aliphatic heterocycles. The van der Waals surface area contributed by atoms with Crippen molar-refractivity contribution in [2.24, 2.45) is 0 Å². The Kier molecular flexibility index (Phi) is 17.4. The standard InChI is InChI=1S/C12H12O5.C10H8O6.CH4.Na.H2O/c1-7(13)8-4-9(11(14)16-2)6-10(5-8)12(15)17-3;1-16-10(15)7-3-5(8(11)12)2-6(4-7)9(13)14;;;/h4-6H,1-3H3;2-4H,1H3,(H,11,12)(H,13,14);1H4;;1H2/q;;;+1;/p-1. The van der Waals surface area contributed by atoms with Gasteiger partial charge in [0.2, 0.25) is 0 Å². The van der Waals surface area contributed by atoms with E-state index in [1.165, 1.54) is 39.3 Å². The Labute approximate surface area is 228 Å². The largest absolute Gasteiger partial charge is 1.00 e. The summed E-state index contributed by atoms with van der Waals surface area (Å²) in [6.45, 7) is 1.34. The van der Waals surface area contributed by atoms with E-state index < -0.39 is 29.8 Å². The van der Waals surface area contributed by atoms with Gasteiger partial charge in [-0.15, -0.1) is 0 Å². The van der Waals surface area contributed by atoms with Gasteiger partial charge in [0.05, 0.1) is 49.1 Å². The normalized spacial score (nSPS) is 8.78. The fourth-order valence-corrected chi connectivity index (χ4v) is 2.41. The Hall–Kier alpha value is -3.58. The van der Waals surface area contributed by atoms with Crippen LogP contribution in [0.5, 0.6) is 0 Å². The molecule has 2 aromatic carbocycles. The molecule has 0 aromatic heterocycles. The zero-order chi connectivity index (χ0) is 25.3. The van der Waals surface area contributed by atoms with Gasteiger partial charge in [-0.25, -0.2) is 24.0 Å². The number of carboxylic acids is 2. The van der Waals surface area contributed by atoms with Crippen molar-refractivity contribution in [2.75, 3.05) is 21.3 Å². The molecule has 12 nitrogen and oxygen atoms in total.